The van der Waals surface area contributed by atoms with Gasteiger partial charge in [-0.2, -0.15) is 5.10 Å². The Morgan fingerprint density at radius 2 is 2.19 bits per heavy atom. The maximum absolute atomic E-state index is 6.21. The number of nitrogens with one attached hydrogen (secondary N) is 2. The van der Waals surface area contributed by atoms with E-state index in [1.807, 2.05) is 43.4 Å². The van der Waals surface area contributed by atoms with Gasteiger partial charge in [-0.1, -0.05) is 56.0 Å². The first-order valence-corrected chi connectivity index (χ1v) is 8.43. The number of hydrogen-bond acceptors (Lipinski definition) is 5. The molecule has 1 aliphatic carbocycles. The summed E-state index contributed by atoms with van der Waals surface area (Å²) in [5.74, 6) is 1.92. The van der Waals surface area contributed by atoms with Crippen molar-refractivity contribution in [3.8, 4) is 0 Å². The molecule has 1 aliphatic rings. The van der Waals surface area contributed by atoms with Crippen molar-refractivity contribution in [3.05, 3.63) is 72.8 Å². The monoisotopic (exact) mass is 346 g/mol. The average Bonchev–Trinajstić information content (AvgIpc) is 2.91. The van der Waals surface area contributed by atoms with Crippen LogP contribution in [0.3, 0.4) is 0 Å². The number of rotatable bonds is 5. The van der Waals surface area contributed by atoms with E-state index in [9.17, 15) is 0 Å². The number of H-pyrrole nitrogens is 1. The fourth-order valence-corrected chi connectivity index (χ4v) is 2.53. The Morgan fingerprint density at radius 1 is 1.35 bits per heavy atom. The van der Waals surface area contributed by atoms with Gasteiger partial charge in [0.05, 0.1) is 0 Å². The number of anilines is 2. The lowest BCUT2D eigenvalue weighted by Crippen LogP contribution is -2.02. The molecule has 0 spiro atoms. The average molecular weight is 346 g/mol. The molecule has 4 N–H and O–H groups in total. The van der Waals surface area contributed by atoms with Gasteiger partial charge in [0.2, 0.25) is 0 Å². The lowest BCUT2D eigenvalue weighted by Gasteiger charge is -2.06. The van der Waals surface area contributed by atoms with Crippen molar-refractivity contribution in [2.24, 2.45) is 5.92 Å². The Kier molecular flexibility index (Phi) is 5.12. The molecule has 3 rings (SSSR count). The van der Waals surface area contributed by atoms with Crippen molar-refractivity contribution >= 4 is 28.2 Å². The molecule has 2 aromatic rings. The normalized spacial score (nSPS) is 17.5. The van der Waals surface area contributed by atoms with E-state index in [-0.39, 0.29) is 0 Å². The predicted octanol–water partition coefficient (Wildman–Crippen LogP) is 4.14. The van der Waals surface area contributed by atoms with Crippen molar-refractivity contribution < 1.29 is 0 Å². The second-order valence-electron chi connectivity index (χ2n) is 5.93. The Balaban J connectivity index is 1.99. The maximum atomic E-state index is 6.21. The summed E-state index contributed by atoms with van der Waals surface area (Å²) in [7, 11) is 0. The van der Waals surface area contributed by atoms with Crippen LogP contribution in [0.15, 0.2) is 67.0 Å². The number of nitrogens with two attached hydrogens (primary N) is 1. The highest BCUT2D eigenvalue weighted by atomic mass is 15.2. The van der Waals surface area contributed by atoms with E-state index in [2.05, 4.69) is 51.1 Å². The van der Waals surface area contributed by atoms with Crippen LogP contribution in [0.25, 0.3) is 16.6 Å². The van der Waals surface area contributed by atoms with Gasteiger partial charge in [-0.15, -0.1) is 0 Å². The molecule has 1 unspecified atom stereocenters. The van der Waals surface area contributed by atoms with Crippen LogP contribution >= 0.6 is 0 Å². The zero-order valence-corrected chi connectivity index (χ0v) is 14.9. The standard InChI is InChI=1S/C20H22N6/c1-4-6-10-15(5-2)22-19-16-17(21)23-18(24-20(16)26-25-19)14-9-7-8-13(3)11-12-14/h4-13H,2H2,1,3H3,(H4,21,22,23,24,25,26)/b6-4-,15-10+. The van der Waals surface area contributed by atoms with E-state index in [0.29, 0.717) is 34.4 Å². The molecule has 2 heterocycles. The van der Waals surface area contributed by atoms with E-state index in [4.69, 9.17) is 5.73 Å². The molecule has 0 aromatic carbocycles. The molecule has 2 aromatic heterocycles. The van der Waals surface area contributed by atoms with Crippen molar-refractivity contribution in [3.63, 3.8) is 0 Å². The zero-order chi connectivity index (χ0) is 18.5. The van der Waals surface area contributed by atoms with Crippen LogP contribution in [0.2, 0.25) is 0 Å². The minimum Gasteiger partial charge on any atom is -0.383 e. The largest absolute Gasteiger partial charge is 0.383 e. The van der Waals surface area contributed by atoms with Gasteiger partial charge in [-0.25, -0.2) is 9.97 Å². The molecule has 0 radical (unpaired) electrons. The van der Waals surface area contributed by atoms with Crippen LogP contribution in [0.4, 0.5) is 11.6 Å². The summed E-state index contributed by atoms with van der Waals surface area (Å²) >= 11 is 0. The van der Waals surface area contributed by atoms with Crippen molar-refractivity contribution in [2.75, 3.05) is 11.1 Å². The third-order valence-corrected chi connectivity index (χ3v) is 3.93. The molecule has 0 saturated carbocycles. The Hall–Kier alpha value is -3.41. The summed E-state index contributed by atoms with van der Waals surface area (Å²) in [6, 6.07) is 0. The summed E-state index contributed by atoms with van der Waals surface area (Å²) in [5.41, 5.74) is 8.44. The van der Waals surface area contributed by atoms with Gasteiger partial charge in [-0.05, 0) is 25.0 Å². The molecule has 0 amide bonds. The van der Waals surface area contributed by atoms with Crippen LogP contribution in [0, 0.1) is 5.92 Å². The SMILES string of the molecule is C=C/C(=C\C=C/C)Nc1[nH]nc2nc(C3=CC=CC(C)C=C3)nc(N)c12. The lowest BCUT2D eigenvalue weighted by molar-refractivity contribution is 0.942. The summed E-state index contributed by atoms with van der Waals surface area (Å²) in [5, 5.41) is 11.1. The minimum absolute atomic E-state index is 0.367. The van der Waals surface area contributed by atoms with Gasteiger partial charge >= 0.3 is 0 Å². The van der Waals surface area contributed by atoms with E-state index < -0.39 is 0 Å². The van der Waals surface area contributed by atoms with E-state index in [1.165, 1.54) is 0 Å². The molecule has 26 heavy (non-hydrogen) atoms. The highest BCUT2D eigenvalue weighted by molar-refractivity contribution is 5.97. The van der Waals surface area contributed by atoms with Gasteiger partial charge in [0.1, 0.15) is 17.0 Å². The number of aromatic nitrogens is 4. The van der Waals surface area contributed by atoms with Crippen LogP contribution in [-0.2, 0) is 0 Å². The van der Waals surface area contributed by atoms with Crippen LogP contribution in [-0.4, -0.2) is 20.2 Å². The Bertz CT molecular complexity index is 972. The van der Waals surface area contributed by atoms with Crippen LogP contribution < -0.4 is 11.1 Å². The number of aromatic amines is 1. The number of hydrogen-bond donors (Lipinski definition) is 3. The molecule has 6 heteroatoms. The fraction of sp³-hybridized carbons (Fsp3) is 0.150. The molecular weight excluding hydrogens is 324 g/mol. The van der Waals surface area contributed by atoms with Crippen molar-refractivity contribution in [2.45, 2.75) is 13.8 Å². The molecule has 0 aliphatic heterocycles. The zero-order valence-electron chi connectivity index (χ0n) is 14.9. The second kappa shape index (κ2) is 7.65. The van der Waals surface area contributed by atoms with Gasteiger partial charge in [0, 0.05) is 11.3 Å². The molecule has 0 fully saturated rings. The molecule has 0 bridgehead atoms. The first-order chi connectivity index (χ1) is 12.6. The Morgan fingerprint density at radius 3 is 2.96 bits per heavy atom. The molecule has 132 valence electrons. The maximum Gasteiger partial charge on any atom is 0.188 e. The summed E-state index contributed by atoms with van der Waals surface area (Å²) in [4.78, 5) is 9.03. The number of nitrogens with zero attached hydrogens (tertiary/aromatic N) is 3. The van der Waals surface area contributed by atoms with Gasteiger partial charge in [0.15, 0.2) is 11.5 Å². The minimum atomic E-state index is 0.367. The van der Waals surface area contributed by atoms with Gasteiger partial charge in [0.25, 0.3) is 0 Å². The van der Waals surface area contributed by atoms with Crippen molar-refractivity contribution in [1.82, 2.24) is 20.2 Å². The van der Waals surface area contributed by atoms with Crippen molar-refractivity contribution in [1.29, 1.82) is 0 Å². The molecule has 1 atom stereocenters. The number of fused-ring (bicyclic) bond motifs is 1. The quantitative estimate of drug-likeness (QED) is 0.708. The third kappa shape index (κ3) is 3.64. The van der Waals surface area contributed by atoms with Gasteiger partial charge in [-0.3, -0.25) is 5.10 Å². The first-order valence-electron chi connectivity index (χ1n) is 8.43. The smallest absolute Gasteiger partial charge is 0.188 e. The third-order valence-electron chi connectivity index (χ3n) is 3.93. The topological polar surface area (TPSA) is 92.5 Å². The van der Waals surface area contributed by atoms with Crippen LogP contribution in [0.5, 0.6) is 0 Å². The van der Waals surface area contributed by atoms with E-state index in [1.54, 1.807) is 6.08 Å². The Labute approximate surface area is 152 Å². The molecule has 0 saturated heterocycles. The highest BCUT2D eigenvalue weighted by Gasteiger charge is 2.15. The second-order valence-corrected chi connectivity index (χ2v) is 5.93. The number of allylic oxidation sites excluding steroid dienone is 10. The number of nitrogen functional groups attached to an aromatic ring is 1. The highest BCUT2D eigenvalue weighted by Crippen LogP contribution is 2.27. The molecular formula is C20H22N6. The summed E-state index contributed by atoms with van der Waals surface area (Å²) in [6.45, 7) is 7.87. The van der Waals surface area contributed by atoms with E-state index >= 15 is 0 Å². The lowest BCUT2D eigenvalue weighted by atomic mass is 10.1. The van der Waals surface area contributed by atoms with Gasteiger partial charge < -0.3 is 11.1 Å². The first kappa shape index (κ1) is 17.4. The molecule has 6 nitrogen and oxygen atoms in total. The summed E-state index contributed by atoms with van der Waals surface area (Å²) in [6.07, 6.45) is 17.7. The predicted molar refractivity (Wildman–Crippen MR) is 108 cm³/mol. The summed E-state index contributed by atoms with van der Waals surface area (Å²) < 4.78 is 0. The fourth-order valence-electron chi connectivity index (χ4n) is 2.53. The van der Waals surface area contributed by atoms with E-state index in [0.717, 1.165) is 11.3 Å². The van der Waals surface area contributed by atoms with Crippen LogP contribution in [0.1, 0.15) is 19.7 Å².